The van der Waals surface area contributed by atoms with Gasteiger partial charge in [-0.1, -0.05) is 17.7 Å². The maximum atomic E-state index is 12.5. The number of carbonyl (C=O) groups is 2. The van der Waals surface area contributed by atoms with Gasteiger partial charge >= 0.3 is 0 Å². The Morgan fingerprint density at radius 1 is 1.41 bits per heavy atom. The number of hydrogen-bond donors (Lipinski definition) is 1. The van der Waals surface area contributed by atoms with E-state index >= 15 is 0 Å². The molecule has 0 saturated carbocycles. The molecule has 1 aliphatic rings. The maximum absolute atomic E-state index is 12.5. The largest absolute Gasteiger partial charge is 0.331 e. The van der Waals surface area contributed by atoms with Crippen LogP contribution >= 0.6 is 23.4 Å². The van der Waals surface area contributed by atoms with Crippen molar-refractivity contribution in [3.05, 3.63) is 28.8 Å². The van der Waals surface area contributed by atoms with Gasteiger partial charge in [-0.05, 0) is 43.2 Å². The second-order valence-electron chi connectivity index (χ2n) is 5.46. The van der Waals surface area contributed by atoms with Crippen LogP contribution in [-0.4, -0.2) is 35.6 Å². The van der Waals surface area contributed by atoms with Gasteiger partial charge in [0.25, 0.3) is 0 Å². The zero-order valence-corrected chi connectivity index (χ0v) is 14.5. The van der Waals surface area contributed by atoms with Crippen LogP contribution in [0.3, 0.4) is 0 Å². The molecular formula is C16H21ClN2O2S. The summed E-state index contributed by atoms with van der Waals surface area (Å²) in [5.41, 5.74) is 1.73. The monoisotopic (exact) mass is 340 g/mol. The number of amides is 2. The van der Waals surface area contributed by atoms with Crippen LogP contribution in [0, 0.1) is 0 Å². The molecule has 1 fully saturated rings. The quantitative estimate of drug-likeness (QED) is 0.912. The summed E-state index contributed by atoms with van der Waals surface area (Å²) in [6.07, 6.45) is 4.64. The fourth-order valence-electron chi connectivity index (χ4n) is 2.72. The van der Waals surface area contributed by atoms with E-state index in [4.69, 9.17) is 11.6 Å². The first kappa shape index (κ1) is 17.2. The zero-order chi connectivity index (χ0) is 16.1. The average Bonchev–Trinajstić information content (AvgIpc) is 2.50. The van der Waals surface area contributed by atoms with Gasteiger partial charge in [0.1, 0.15) is 6.04 Å². The van der Waals surface area contributed by atoms with Gasteiger partial charge in [0.15, 0.2) is 0 Å². The summed E-state index contributed by atoms with van der Waals surface area (Å²) in [4.78, 5) is 25.9. The Bertz CT molecular complexity index is 565. The molecule has 1 aliphatic heterocycles. The van der Waals surface area contributed by atoms with E-state index in [9.17, 15) is 9.59 Å². The smallest absolute Gasteiger partial charge is 0.247 e. The lowest BCUT2D eigenvalue weighted by atomic mass is 10.0. The first-order valence-corrected chi connectivity index (χ1v) is 9.15. The second-order valence-corrected chi connectivity index (χ2v) is 6.73. The van der Waals surface area contributed by atoms with Crippen molar-refractivity contribution in [1.82, 2.24) is 4.90 Å². The third-order valence-corrected chi connectivity index (χ3v) is 4.76. The Kier molecular flexibility index (Phi) is 6.15. The fraction of sp³-hybridized carbons (Fsp3) is 0.500. The number of likely N-dealkylation sites (tertiary alicyclic amines) is 1. The van der Waals surface area contributed by atoms with Crippen molar-refractivity contribution in [2.75, 3.05) is 18.1 Å². The summed E-state index contributed by atoms with van der Waals surface area (Å²) >= 11 is 7.89. The second kappa shape index (κ2) is 7.88. The van der Waals surface area contributed by atoms with E-state index in [0.717, 1.165) is 24.2 Å². The van der Waals surface area contributed by atoms with Gasteiger partial charge in [0.2, 0.25) is 11.8 Å². The molecule has 2 rings (SSSR count). The molecule has 0 bridgehead atoms. The van der Waals surface area contributed by atoms with Gasteiger partial charge in [-0.25, -0.2) is 0 Å². The number of nitrogens with one attached hydrogen (secondary N) is 1. The van der Waals surface area contributed by atoms with E-state index in [1.165, 1.54) is 6.92 Å². The molecule has 1 atom stereocenters. The summed E-state index contributed by atoms with van der Waals surface area (Å²) < 4.78 is 0. The number of rotatable bonds is 4. The van der Waals surface area contributed by atoms with E-state index in [1.54, 1.807) is 22.7 Å². The number of thioether (sulfide) groups is 1. The van der Waals surface area contributed by atoms with Crippen LogP contribution in [-0.2, 0) is 15.3 Å². The van der Waals surface area contributed by atoms with Crippen LogP contribution in [0.25, 0.3) is 0 Å². The van der Waals surface area contributed by atoms with Gasteiger partial charge in [0.05, 0.1) is 10.7 Å². The molecule has 4 nitrogen and oxygen atoms in total. The molecule has 0 aromatic heterocycles. The summed E-state index contributed by atoms with van der Waals surface area (Å²) in [5.74, 6) is 0.656. The number of carbonyl (C=O) groups excluding carboxylic acids is 2. The summed E-state index contributed by atoms with van der Waals surface area (Å²) in [6.45, 7) is 2.16. The number of nitrogens with zero attached hydrogens (tertiary/aromatic N) is 1. The summed E-state index contributed by atoms with van der Waals surface area (Å²) in [7, 11) is 0. The minimum atomic E-state index is -0.397. The highest BCUT2D eigenvalue weighted by molar-refractivity contribution is 7.97. The van der Waals surface area contributed by atoms with Crippen LogP contribution in [0.1, 0.15) is 31.7 Å². The van der Waals surface area contributed by atoms with E-state index in [0.29, 0.717) is 23.7 Å². The van der Waals surface area contributed by atoms with Crippen molar-refractivity contribution in [3.63, 3.8) is 0 Å². The number of hydrogen-bond acceptors (Lipinski definition) is 3. The highest BCUT2D eigenvalue weighted by Gasteiger charge is 2.30. The number of benzene rings is 1. The molecule has 120 valence electrons. The molecule has 1 N–H and O–H groups in total. The Morgan fingerprint density at radius 2 is 2.18 bits per heavy atom. The van der Waals surface area contributed by atoms with Gasteiger partial charge in [-0.15, -0.1) is 0 Å². The van der Waals surface area contributed by atoms with E-state index < -0.39 is 6.04 Å². The van der Waals surface area contributed by atoms with E-state index in [-0.39, 0.29) is 11.8 Å². The maximum Gasteiger partial charge on any atom is 0.247 e. The van der Waals surface area contributed by atoms with E-state index in [1.807, 2.05) is 18.4 Å². The first-order chi connectivity index (χ1) is 10.5. The Labute approximate surface area is 140 Å². The Hall–Kier alpha value is -1.20. The third-order valence-electron chi connectivity index (χ3n) is 3.81. The molecule has 6 heteroatoms. The number of anilines is 1. The molecule has 0 spiro atoms. The van der Waals surface area contributed by atoms with E-state index in [2.05, 4.69) is 5.32 Å². The first-order valence-electron chi connectivity index (χ1n) is 7.38. The molecule has 1 aromatic carbocycles. The molecule has 22 heavy (non-hydrogen) atoms. The van der Waals surface area contributed by atoms with Crippen LogP contribution < -0.4 is 5.32 Å². The predicted octanol–water partition coefficient (Wildman–Crippen LogP) is 3.54. The molecule has 0 aliphatic carbocycles. The minimum absolute atomic E-state index is 0.0536. The third kappa shape index (κ3) is 4.17. The molecule has 1 saturated heterocycles. The molecule has 1 unspecified atom stereocenters. The van der Waals surface area contributed by atoms with Crippen molar-refractivity contribution >= 4 is 40.9 Å². The van der Waals surface area contributed by atoms with Crippen LogP contribution in [0.15, 0.2) is 18.2 Å². The van der Waals surface area contributed by atoms with Gasteiger partial charge in [-0.3, -0.25) is 9.59 Å². The van der Waals surface area contributed by atoms with Gasteiger partial charge < -0.3 is 10.2 Å². The number of halogens is 1. The lowest BCUT2D eigenvalue weighted by molar-refractivity contribution is -0.138. The van der Waals surface area contributed by atoms with Crippen molar-refractivity contribution in [2.24, 2.45) is 0 Å². The normalized spacial score (nSPS) is 18.1. The number of piperidine rings is 1. The minimum Gasteiger partial charge on any atom is -0.331 e. The SMILES string of the molecule is CSCc1ccc(Cl)c(NC(=O)C2CCCCN2C(C)=O)c1. The van der Waals surface area contributed by atoms with Crippen LogP contribution in [0.2, 0.25) is 5.02 Å². The van der Waals surface area contributed by atoms with Crippen molar-refractivity contribution in [3.8, 4) is 0 Å². The van der Waals surface area contributed by atoms with Crippen molar-refractivity contribution in [1.29, 1.82) is 0 Å². The lowest BCUT2D eigenvalue weighted by Gasteiger charge is -2.34. The molecule has 1 heterocycles. The fourth-order valence-corrected chi connectivity index (χ4v) is 3.40. The standard InChI is InChI=1S/C16H21ClN2O2S/c1-11(20)19-8-4-3-5-15(19)16(21)18-14-9-12(10-22-2)6-7-13(14)17/h6-7,9,15H,3-5,8,10H2,1-2H3,(H,18,21). The zero-order valence-electron chi connectivity index (χ0n) is 12.9. The Balaban J connectivity index is 2.13. The predicted molar refractivity (Wildman–Crippen MR) is 92.3 cm³/mol. The summed E-state index contributed by atoms with van der Waals surface area (Å²) in [5, 5.41) is 3.41. The van der Waals surface area contributed by atoms with Gasteiger partial charge in [0, 0.05) is 19.2 Å². The molecule has 0 radical (unpaired) electrons. The average molecular weight is 341 g/mol. The molecular weight excluding hydrogens is 320 g/mol. The summed E-state index contributed by atoms with van der Waals surface area (Å²) in [6, 6.07) is 5.26. The molecule has 1 aromatic rings. The van der Waals surface area contributed by atoms with Crippen LogP contribution in [0.4, 0.5) is 5.69 Å². The van der Waals surface area contributed by atoms with Crippen molar-refractivity contribution in [2.45, 2.75) is 38.0 Å². The van der Waals surface area contributed by atoms with Crippen LogP contribution in [0.5, 0.6) is 0 Å². The lowest BCUT2D eigenvalue weighted by Crippen LogP contribution is -2.49. The van der Waals surface area contributed by atoms with Crippen molar-refractivity contribution < 1.29 is 9.59 Å². The Morgan fingerprint density at radius 3 is 2.86 bits per heavy atom. The highest BCUT2D eigenvalue weighted by Crippen LogP contribution is 2.26. The highest BCUT2D eigenvalue weighted by atomic mass is 35.5. The molecule has 2 amide bonds. The van der Waals surface area contributed by atoms with Gasteiger partial charge in [-0.2, -0.15) is 11.8 Å². The topological polar surface area (TPSA) is 49.4 Å².